The number of benzene rings is 3. The Hall–Kier alpha value is -3.27. The summed E-state index contributed by atoms with van der Waals surface area (Å²) in [6.07, 6.45) is 3.06. The Labute approximate surface area is 218 Å². The minimum atomic E-state index is -3.66. The Bertz CT molecular complexity index is 1260. The highest BCUT2D eigenvalue weighted by Gasteiger charge is 2.21. The molecule has 0 aliphatic rings. The fraction of sp³-hybridized carbons (Fsp3) is 0.259. The molecule has 1 amide bonds. The Kier molecular flexibility index (Phi) is 9.98. The standard InChI is InChI=1S/C27H31N3O4S2/c1-3-4-10-19-34-25-14-9-8-13-24(25)26(31)29-27(35)28-22-15-17-23(18-16-22)36(32,33)30(2)20-21-11-6-5-7-12-21/h5-9,11-18H,3-4,10,19-20H2,1-2H3,(H2,28,29,31,35). The largest absolute Gasteiger partial charge is 0.493 e. The number of anilines is 1. The van der Waals surface area contributed by atoms with E-state index in [9.17, 15) is 13.2 Å². The first-order valence-electron chi connectivity index (χ1n) is 11.8. The van der Waals surface area contributed by atoms with Crippen LogP contribution >= 0.6 is 12.2 Å². The van der Waals surface area contributed by atoms with E-state index in [2.05, 4.69) is 17.6 Å². The van der Waals surface area contributed by atoms with E-state index in [1.165, 1.54) is 16.4 Å². The molecule has 0 spiro atoms. The van der Waals surface area contributed by atoms with Gasteiger partial charge in [0.05, 0.1) is 17.1 Å². The maximum absolute atomic E-state index is 12.9. The summed E-state index contributed by atoms with van der Waals surface area (Å²) in [5.41, 5.74) is 1.84. The average molecular weight is 526 g/mol. The zero-order chi connectivity index (χ0) is 26.0. The molecule has 2 N–H and O–H groups in total. The first-order valence-corrected chi connectivity index (χ1v) is 13.6. The molecule has 0 aliphatic heterocycles. The van der Waals surface area contributed by atoms with Crippen LogP contribution in [0.1, 0.15) is 42.1 Å². The van der Waals surface area contributed by atoms with Gasteiger partial charge in [-0.05, 0) is 60.6 Å². The summed E-state index contributed by atoms with van der Waals surface area (Å²) in [4.78, 5) is 12.9. The van der Waals surface area contributed by atoms with Crippen LogP contribution < -0.4 is 15.4 Å². The molecule has 3 aromatic carbocycles. The first kappa shape index (κ1) is 27.3. The average Bonchev–Trinajstić information content (AvgIpc) is 2.87. The third-order valence-corrected chi connectivity index (χ3v) is 7.45. The van der Waals surface area contributed by atoms with Crippen molar-refractivity contribution in [3.63, 3.8) is 0 Å². The van der Waals surface area contributed by atoms with Crippen LogP contribution in [0.2, 0.25) is 0 Å². The van der Waals surface area contributed by atoms with Crippen LogP contribution in [0, 0.1) is 0 Å². The van der Waals surface area contributed by atoms with E-state index in [4.69, 9.17) is 17.0 Å². The van der Waals surface area contributed by atoms with Crippen LogP contribution in [-0.4, -0.2) is 37.4 Å². The molecule has 9 heteroatoms. The number of rotatable bonds is 11. The number of thiocarbonyl (C=S) groups is 1. The predicted molar refractivity (Wildman–Crippen MR) is 147 cm³/mol. The number of nitrogens with zero attached hydrogens (tertiary/aromatic N) is 1. The number of amides is 1. The molecule has 0 unspecified atom stereocenters. The van der Waals surface area contributed by atoms with E-state index in [-0.39, 0.29) is 22.5 Å². The molecule has 3 aromatic rings. The Morgan fingerprint density at radius 2 is 1.61 bits per heavy atom. The molecule has 0 saturated heterocycles. The molecule has 0 aromatic heterocycles. The molecular weight excluding hydrogens is 494 g/mol. The van der Waals surface area contributed by atoms with Gasteiger partial charge in [0, 0.05) is 19.3 Å². The smallest absolute Gasteiger partial charge is 0.261 e. The Morgan fingerprint density at radius 1 is 0.944 bits per heavy atom. The van der Waals surface area contributed by atoms with Crippen molar-refractivity contribution >= 4 is 38.9 Å². The van der Waals surface area contributed by atoms with Gasteiger partial charge in [0.25, 0.3) is 5.91 Å². The highest BCUT2D eigenvalue weighted by atomic mass is 32.2. The SMILES string of the molecule is CCCCCOc1ccccc1C(=O)NC(=S)Nc1ccc(S(=O)(=O)N(C)Cc2ccccc2)cc1. The quantitative estimate of drug-likeness (QED) is 0.264. The van der Waals surface area contributed by atoms with Gasteiger partial charge in [0.15, 0.2) is 5.11 Å². The molecule has 0 heterocycles. The summed E-state index contributed by atoms with van der Waals surface area (Å²) < 4.78 is 32.9. The summed E-state index contributed by atoms with van der Waals surface area (Å²) in [6, 6.07) is 22.6. The summed E-state index contributed by atoms with van der Waals surface area (Å²) in [5.74, 6) is 0.114. The zero-order valence-electron chi connectivity index (χ0n) is 20.4. The second-order valence-electron chi connectivity index (χ2n) is 8.23. The summed E-state index contributed by atoms with van der Waals surface area (Å²) in [6.45, 7) is 2.92. The number of unbranched alkanes of at least 4 members (excludes halogenated alkanes) is 2. The number of ether oxygens (including phenoxy) is 1. The molecule has 0 bridgehead atoms. The lowest BCUT2D eigenvalue weighted by molar-refractivity contribution is 0.0973. The topological polar surface area (TPSA) is 87.7 Å². The van der Waals surface area contributed by atoms with Gasteiger partial charge in [-0.25, -0.2) is 8.42 Å². The van der Waals surface area contributed by atoms with Crippen molar-refractivity contribution in [2.24, 2.45) is 0 Å². The lowest BCUT2D eigenvalue weighted by atomic mass is 10.2. The summed E-state index contributed by atoms with van der Waals surface area (Å²) in [5, 5.41) is 5.67. The van der Waals surface area contributed by atoms with Gasteiger partial charge in [0.2, 0.25) is 10.0 Å². The first-order chi connectivity index (χ1) is 17.3. The van der Waals surface area contributed by atoms with Crippen molar-refractivity contribution in [2.45, 2.75) is 37.6 Å². The molecule has 0 fully saturated rings. The van der Waals surface area contributed by atoms with E-state index in [0.29, 0.717) is 23.6 Å². The van der Waals surface area contributed by atoms with Crippen LogP contribution in [0.3, 0.4) is 0 Å². The lowest BCUT2D eigenvalue weighted by Gasteiger charge is -2.18. The van der Waals surface area contributed by atoms with Crippen LogP contribution in [0.4, 0.5) is 5.69 Å². The van der Waals surface area contributed by atoms with Crippen LogP contribution in [0.25, 0.3) is 0 Å². The molecule has 0 aliphatic carbocycles. The summed E-state index contributed by atoms with van der Waals surface area (Å²) >= 11 is 5.29. The third-order valence-electron chi connectivity index (χ3n) is 5.43. The molecule has 0 atom stereocenters. The van der Waals surface area contributed by atoms with Gasteiger partial charge in [-0.15, -0.1) is 0 Å². The summed E-state index contributed by atoms with van der Waals surface area (Å²) in [7, 11) is -2.12. The van der Waals surface area contributed by atoms with E-state index >= 15 is 0 Å². The highest BCUT2D eigenvalue weighted by molar-refractivity contribution is 7.89. The van der Waals surface area contributed by atoms with Crippen molar-refractivity contribution in [1.82, 2.24) is 9.62 Å². The normalized spacial score (nSPS) is 11.2. The molecule has 36 heavy (non-hydrogen) atoms. The maximum Gasteiger partial charge on any atom is 0.261 e. The zero-order valence-corrected chi connectivity index (χ0v) is 22.1. The van der Waals surface area contributed by atoms with E-state index < -0.39 is 10.0 Å². The van der Waals surface area contributed by atoms with Crippen LogP contribution in [-0.2, 0) is 16.6 Å². The van der Waals surface area contributed by atoms with Gasteiger partial charge in [-0.2, -0.15) is 4.31 Å². The monoisotopic (exact) mass is 525 g/mol. The Morgan fingerprint density at radius 3 is 2.31 bits per heavy atom. The lowest BCUT2D eigenvalue weighted by Crippen LogP contribution is -2.34. The molecule has 190 valence electrons. The van der Waals surface area contributed by atoms with Crippen molar-refractivity contribution in [3.05, 3.63) is 90.0 Å². The van der Waals surface area contributed by atoms with E-state index in [1.807, 2.05) is 36.4 Å². The molecule has 0 saturated carbocycles. The second kappa shape index (κ2) is 13.2. The number of carbonyl (C=O) groups excluding carboxylic acids is 1. The second-order valence-corrected chi connectivity index (χ2v) is 10.7. The van der Waals surface area contributed by atoms with Crippen LogP contribution in [0.5, 0.6) is 5.75 Å². The van der Waals surface area contributed by atoms with Crippen molar-refractivity contribution in [2.75, 3.05) is 19.0 Å². The fourth-order valence-corrected chi connectivity index (χ4v) is 4.83. The van der Waals surface area contributed by atoms with E-state index in [1.54, 1.807) is 37.4 Å². The molecular formula is C27H31N3O4S2. The molecule has 7 nitrogen and oxygen atoms in total. The number of carbonyl (C=O) groups is 1. The van der Waals surface area contributed by atoms with Crippen molar-refractivity contribution in [1.29, 1.82) is 0 Å². The Balaban J connectivity index is 1.59. The predicted octanol–water partition coefficient (Wildman–Crippen LogP) is 5.20. The molecule has 3 rings (SSSR count). The van der Waals surface area contributed by atoms with Gasteiger partial charge >= 0.3 is 0 Å². The van der Waals surface area contributed by atoms with Gasteiger partial charge in [-0.1, -0.05) is 62.2 Å². The maximum atomic E-state index is 12.9. The minimum absolute atomic E-state index is 0.0950. The molecule has 0 radical (unpaired) electrons. The minimum Gasteiger partial charge on any atom is -0.493 e. The number of hydrogen-bond acceptors (Lipinski definition) is 5. The number of sulfonamides is 1. The van der Waals surface area contributed by atoms with Gasteiger partial charge in [0.1, 0.15) is 5.75 Å². The fourth-order valence-electron chi connectivity index (χ4n) is 3.46. The van der Waals surface area contributed by atoms with Gasteiger partial charge in [-0.3, -0.25) is 10.1 Å². The highest BCUT2D eigenvalue weighted by Crippen LogP contribution is 2.20. The third kappa shape index (κ3) is 7.61. The number of nitrogens with one attached hydrogen (secondary N) is 2. The van der Waals surface area contributed by atoms with Crippen molar-refractivity contribution < 1.29 is 17.9 Å². The van der Waals surface area contributed by atoms with Crippen LogP contribution in [0.15, 0.2) is 83.8 Å². The van der Waals surface area contributed by atoms with Gasteiger partial charge < -0.3 is 10.1 Å². The van der Waals surface area contributed by atoms with Crippen molar-refractivity contribution in [3.8, 4) is 5.75 Å². The van der Waals surface area contributed by atoms with E-state index in [0.717, 1.165) is 24.8 Å². The number of para-hydroxylation sites is 1. The number of hydrogen-bond donors (Lipinski definition) is 2.